The molecule has 0 radical (unpaired) electrons. The molecule has 0 saturated heterocycles. The summed E-state index contributed by atoms with van der Waals surface area (Å²) in [6.07, 6.45) is 2.76. The number of carbonyl (C=O) groups is 1. The van der Waals surface area contributed by atoms with E-state index >= 15 is 0 Å². The van der Waals surface area contributed by atoms with Crippen molar-refractivity contribution in [3.63, 3.8) is 0 Å². The summed E-state index contributed by atoms with van der Waals surface area (Å²) in [4.78, 5) is 41.0. The summed E-state index contributed by atoms with van der Waals surface area (Å²) in [7, 11) is 1.44. The van der Waals surface area contributed by atoms with Crippen molar-refractivity contribution in [3.8, 4) is 11.9 Å². The Balaban J connectivity index is 1.98. The van der Waals surface area contributed by atoms with Crippen molar-refractivity contribution < 1.29 is 9.53 Å². The second-order valence-electron chi connectivity index (χ2n) is 5.06. The van der Waals surface area contributed by atoms with E-state index < -0.39 is 17.3 Å². The number of H-pyrrole nitrogens is 1. The average molecular weight is 344 g/mol. The molecule has 2 amide bonds. The highest BCUT2D eigenvalue weighted by atomic mass is 16.5. The highest BCUT2D eigenvalue weighted by Gasteiger charge is 2.09. The molecule has 2 heterocycles. The van der Waals surface area contributed by atoms with Gasteiger partial charge < -0.3 is 15.4 Å². The first-order valence-corrected chi connectivity index (χ1v) is 7.24. The number of ether oxygens (including phenoxy) is 1. The molecular weight excluding hydrogens is 328 g/mol. The third kappa shape index (κ3) is 4.44. The minimum absolute atomic E-state index is 0.0842. The summed E-state index contributed by atoms with van der Waals surface area (Å²) in [6.45, 7) is 2.01. The number of aryl methyl sites for hydroxylation is 1. The van der Waals surface area contributed by atoms with Gasteiger partial charge in [0.1, 0.15) is 17.3 Å². The standard InChI is InChI=1S/C15H16N6O4/c1-9-5-11(13(25-2)18-7-9)19-14(23)17-3-4-21-8-10(6-16)12(22)20-15(21)24/h5,7-8H,3-4H2,1-2H3,(H2,17,19,23)(H,20,22,24). The topological polar surface area (TPSA) is 142 Å². The van der Waals surface area contributed by atoms with Gasteiger partial charge in [-0.05, 0) is 18.6 Å². The van der Waals surface area contributed by atoms with Crippen LogP contribution in [-0.4, -0.2) is 34.2 Å². The number of pyridine rings is 1. The monoisotopic (exact) mass is 344 g/mol. The first kappa shape index (κ1) is 17.7. The number of nitrogens with one attached hydrogen (secondary N) is 3. The van der Waals surface area contributed by atoms with E-state index in [0.29, 0.717) is 5.69 Å². The highest BCUT2D eigenvalue weighted by molar-refractivity contribution is 5.90. The normalized spacial score (nSPS) is 9.96. The zero-order valence-electron chi connectivity index (χ0n) is 13.6. The Bertz CT molecular complexity index is 940. The maximum absolute atomic E-state index is 11.9. The van der Waals surface area contributed by atoms with E-state index in [2.05, 4.69) is 15.6 Å². The number of aromatic nitrogens is 3. The van der Waals surface area contributed by atoms with Crippen molar-refractivity contribution in [2.45, 2.75) is 13.5 Å². The summed E-state index contributed by atoms with van der Waals surface area (Å²) in [5.41, 5.74) is -0.322. The lowest BCUT2D eigenvalue weighted by Crippen LogP contribution is -2.36. The zero-order chi connectivity index (χ0) is 18.4. The van der Waals surface area contributed by atoms with E-state index in [0.717, 1.165) is 16.3 Å². The largest absolute Gasteiger partial charge is 0.480 e. The number of hydrogen-bond donors (Lipinski definition) is 3. The van der Waals surface area contributed by atoms with Crippen molar-refractivity contribution in [2.75, 3.05) is 19.0 Å². The van der Waals surface area contributed by atoms with Gasteiger partial charge in [0.2, 0.25) is 5.88 Å². The van der Waals surface area contributed by atoms with Crippen molar-refractivity contribution in [1.29, 1.82) is 5.26 Å². The summed E-state index contributed by atoms with van der Waals surface area (Å²) in [6, 6.07) is 2.88. The lowest BCUT2D eigenvalue weighted by atomic mass is 10.3. The quantitative estimate of drug-likeness (QED) is 0.694. The molecule has 2 aromatic heterocycles. The molecule has 0 aromatic carbocycles. The Hall–Kier alpha value is -3.61. The number of methoxy groups -OCH3 is 1. The predicted molar refractivity (Wildman–Crippen MR) is 88.6 cm³/mol. The molecule has 0 aliphatic rings. The summed E-state index contributed by atoms with van der Waals surface area (Å²) in [5, 5.41) is 14.0. The molecule has 0 aliphatic carbocycles. The summed E-state index contributed by atoms with van der Waals surface area (Å²) >= 11 is 0. The van der Waals surface area contributed by atoms with Gasteiger partial charge in [-0.15, -0.1) is 0 Å². The van der Waals surface area contributed by atoms with Gasteiger partial charge in [0, 0.05) is 25.5 Å². The van der Waals surface area contributed by atoms with Crippen LogP contribution in [0.25, 0.3) is 0 Å². The number of rotatable bonds is 5. The number of carbonyl (C=O) groups excluding carboxylic acids is 1. The van der Waals surface area contributed by atoms with Crippen LogP contribution in [0.4, 0.5) is 10.5 Å². The van der Waals surface area contributed by atoms with E-state index in [1.54, 1.807) is 18.3 Å². The van der Waals surface area contributed by atoms with Crippen LogP contribution < -0.4 is 26.6 Å². The van der Waals surface area contributed by atoms with Crippen LogP contribution in [0.5, 0.6) is 5.88 Å². The van der Waals surface area contributed by atoms with Crippen LogP contribution in [0.3, 0.4) is 0 Å². The maximum atomic E-state index is 11.9. The van der Waals surface area contributed by atoms with Gasteiger partial charge in [-0.2, -0.15) is 5.26 Å². The zero-order valence-corrected chi connectivity index (χ0v) is 13.6. The molecule has 0 saturated carbocycles. The number of urea groups is 1. The third-order valence-electron chi connectivity index (χ3n) is 3.20. The molecule has 10 nitrogen and oxygen atoms in total. The van der Waals surface area contributed by atoms with Gasteiger partial charge in [0.05, 0.1) is 7.11 Å². The fraction of sp³-hybridized carbons (Fsp3) is 0.267. The molecule has 3 N–H and O–H groups in total. The molecule has 25 heavy (non-hydrogen) atoms. The predicted octanol–water partition coefficient (Wildman–Crippen LogP) is -0.0580. The van der Waals surface area contributed by atoms with Gasteiger partial charge in [-0.3, -0.25) is 14.3 Å². The Morgan fingerprint density at radius 2 is 2.24 bits per heavy atom. The maximum Gasteiger partial charge on any atom is 0.328 e. The van der Waals surface area contributed by atoms with Crippen LogP contribution >= 0.6 is 0 Å². The summed E-state index contributed by atoms with van der Waals surface area (Å²) in [5.74, 6) is 0.274. The summed E-state index contributed by atoms with van der Waals surface area (Å²) < 4.78 is 6.20. The molecule has 10 heteroatoms. The number of hydrogen-bond acceptors (Lipinski definition) is 6. The van der Waals surface area contributed by atoms with Crippen LogP contribution in [0.1, 0.15) is 11.1 Å². The van der Waals surface area contributed by atoms with Crippen LogP contribution in [0.15, 0.2) is 28.0 Å². The van der Waals surface area contributed by atoms with E-state index in [-0.39, 0.29) is 24.5 Å². The van der Waals surface area contributed by atoms with E-state index in [1.165, 1.54) is 7.11 Å². The Labute approximate surface area is 142 Å². The molecule has 0 fully saturated rings. The molecule has 2 aromatic rings. The molecule has 0 spiro atoms. The molecule has 0 unspecified atom stereocenters. The number of amides is 2. The van der Waals surface area contributed by atoms with Crippen molar-refractivity contribution in [3.05, 3.63) is 50.4 Å². The van der Waals surface area contributed by atoms with Gasteiger partial charge in [0.25, 0.3) is 5.56 Å². The fourth-order valence-corrected chi connectivity index (χ4v) is 2.02. The first-order valence-electron chi connectivity index (χ1n) is 7.24. The Kier molecular flexibility index (Phi) is 5.52. The van der Waals surface area contributed by atoms with Crippen LogP contribution in [-0.2, 0) is 6.54 Å². The molecule has 0 atom stereocenters. The number of anilines is 1. The fourth-order valence-electron chi connectivity index (χ4n) is 2.02. The van der Waals surface area contributed by atoms with Gasteiger partial charge in [-0.25, -0.2) is 14.6 Å². The van der Waals surface area contributed by atoms with Gasteiger partial charge >= 0.3 is 11.7 Å². The molecule has 0 bridgehead atoms. The van der Waals surface area contributed by atoms with Gasteiger partial charge in [0.15, 0.2) is 0 Å². The highest BCUT2D eigenvalue weighted by Crippen LogP contribution is 2.21. The van der Waals surface area contributed by atoms with Crippen molar-refractivity contribution in [1.82, 2.24) is 19.9 Å². The minimum Gasteiger partial charge on any atom is -0.480 e. The van der Waals surface area contributed by atoms with E-state index in [9.17, 15) is 14.4 Å². The number of nitrogens with zero attached hydrogens (tertiary/aromatic N) is 3. The SMILES string of the molecule is COc1ncc(C)cc1NC(=O)NCCn1cc(C#N)c(=O)[nH]c1=O. The van der Waals surface area contributed by atoms with Crippen molar-refractivity contribution in [2.24, 2.45) is 0 Å². The first-order chi connectivity index (χ1) is 11.9. The lowest BCUT2D eigenvalue weighted by molar-refractivity contribution is 0.251. The Morgan fingerprint density at radius 3 is 2.92 bits per heavy atom. The molecular formula is C15H16N6O4. The minimum atomic E-state index is -0.742. The van der Waals surface area contributed by atoms with E-state index in [1.807, 2.05) is 11.9 Å². The second kappa shape index (κ2) is 7.78. The molecule has 0 aliphatic heterocycles. The average Bonchev–Trinajstić information content (AvgIpc) is 2.57. The van der Waals surface area contributed by atoms with Crippen LogP contribution in [0.2, 0.25) is 0 Å². The third-order valence-corrected chi connectivity index (χ3v) is 3.20. The van der Waals surface area contributed by atoms with Gasteiger partial charge in [-0.1, -0.05) is 0 Å². The molecule has 2 rings (SSSR count). The van der Waals surface area contributed by atoms with E-state index in [4.69, 9.17) is 10.00 Å². The second-order valence-corrected chi connectivity index (χ2v) is 5.06. The smallest absolute Gasteiger partial charge is 0.328 e. The lowest BCUT2D eigenvalue weighted by Gasteiger charge is -2.11. The van der Waals surface area contributed by atoms with Crippen LogP contribution in [0, 0.1) is 18.3 Å². The number of aromatic amines is 1. The number of nitriles is 1. The Morgan fingerprint density at radius 1 is 1.48 bits per heavy atom. The van der Waals surface area contributed by atoms with Crippen molar-refractivity contribution >= 4 is 11.7 Å². The molecule has 130 valence electrons.